The van der Waals surface area contributed by atoms with Gasteiger partial charge < -0.3 is 20.1 Å². The zero-order chi connectivity index (χ0) is 34.0. The molecule has 49 heavy (non-hydrogen) atoms. The summed E-state index contributed by atoms with van der Waals surface area (Å²) in [5.74, 6) is 7.67. The van der Waals surface area contributed by atoms with E-state index in [1.807, 2.05) is 21.8 Å². The molecule has 0 unspecified atom stereocenters. The summed E-state index contributed by atoms with van der Waals surface area (Å²) in [7, 11) is -3.52. The number of piperidine rings is 2. The summed E-state index contributed by atoms with van der Waals surface area (Å²) in [5, 5.41) is 21.0. The standard InChI is InChI=1S/C33H37FN10O4S/c34-33(23-46)8-13-42(14-9-33)29-17-31(39-30-5-10-35-32(40-30)26-20-38-44(22-26)49(47,48)28-3-4-28)36-19-25(29)2-1-24-18-37-43(21-24)27-6-11-41(12-7-27)15-16-45/h5,10,16-22,27-28,46H,3-4,6-9,11-15,23H2,(H,35,36,39,40). The van der Waals surface area contributed by atoms with E-state index < -0.39 is 27.5 Å². The first-order valence-corrected chi connectivity index (χ1v) is 17.9. The minimum absolute atomic E-state index is 0.180. The van der Waals surface area contributed by atoms with Crippen molar-refractivity contribution in [1.29, 1.82) is 0 Å². The van der Waals surface area contributed by atoms with Gasteiger partial charge in [-0.2, -0.15) is 14.3 Å². The van der Waals surface area contributed by atoms with Crippen LogP contribution in [0.3, 0.4) is 0 Å². The third-order valence-electron chi connectivity index (χ3n) is 9.31. The maximum atomic E-state index is 14.9. The molecule has 3 fully saturated rings. The molecule has 0 spiro atoms. The highest BCUT2D eigenvalue weighted by molar-refractivity contribution is 7.90. The summed E-state index contributed by atoms with van der Waals surface area (Å²) in [6.45, 7) is 2.41. The largest absolute Gasteiger partial charge is 0.393 e. The van der Waals surface area contributed by atoms with Gasteiger partial charge in [-0.25, -0.2) is 27.8 Å². The van der Waals surface area contributed by atoms with Gasteiger partial charge in [0.05, 0.1) is 65.4 Å². The molecule has 4 aromatic rings. The SMILES string of the molecule is O=CCN1CCC(n2cc(C#Cc3cnc(Nc4ccnc(-c5cnn(S(=O)(=O)C6CC6)c5)n4)cc3N3CCC(F)(CO)CC3)cn2)CC1. The van der Waals surface area contributed by atoms with Crippen molar-refractivity contribution in [3.8, 4) is 23.2 Å². The van der Waals surface area contributed by atoms with E-state index in [1.165, 1.54) is 12.4 Å². The first-order valence-electron chi connectivity index (χ1n) is 16.4. The Labute approximate surface area is 283 Å². The smallest absolute Gasteiger partial charge is 0.256 e. The number of carbonyl (C=O) groups is 1. The molecule has 3 aliphatic rings. The summed E-state index contributed by atoms with van der Waals surface area (Å²) in [4.78, 5) is 28.5. The molecule has 16 heteroatoms. The number of halogens is 1. The average molecular weight is 689 g/mol. The van der Waals surface area contributed by atoms with Crippen LogP contribution in [-0.2, 0) is 14.8 Å². The number of aliphatic hydroxyl groups excluding tert-OH is 1. The minimum Gasteiger partial charge on any atom is -0.393 e. The molecule has 0 atom stereocenters. The van der Waals surface area contributed by atoms with Crippen molar-refractivity contribution < 1.29 is 22.7 Å². The lowest BCUT2D eigenvalue weighted by Gasteiger charge is -2.37. The predicted molar refractivity (Wildman–Crippen MR) is 179 cm³/mol. The predicted octanol–water partition coefficient (Wildman–Crippen LogP) is 2.55. The zero-order valence-electron chi connectivity index (χ0n) is 26.8. The highest BCUT2D eigenvalue weighted by Crippen LogP contribution is 2.33. The monoisotopic (exact) mass is 688 g/mol. The van der Waals surface area contributed by atoms with Crippen LogP contribution >= 0.6 is 0 Å². The molecular weight excluding hydrogens is 651 g/mol. The number of likely N-dealkylation sites (tertiary alicyclic amines) is 1. The second-order valence-corrected chi connectivity index (χ2v) is 14.8. The molecule has 6 heterocycles. The van der Waals surface area contributed by atoms with Gasteiger partial charge in [0.2, 0.25) is 0 Å². The number of nitrogens with one attached hydrogen (secondary N) is 1. The average Bonchev–Trinajstić information content (AvgIpc) is 3.67. The maximum Gasteiger partial charge on any atom is 0.256 e. The zero-order valence-corrected chi connectivity index (χ0v) is 27.6. The molecule has 2 N–H and O–H groups in total. The number of aldehydes is 1. The fourth-order valence-corrected chi connectivity index (χ4v) is 7.64. The Bertz CT molecular complexity index is 1980. The lowest BCUT2D eigenvalue weighted by molar-refractivity contribution is -0.109. The summed E-state index contributed by atoms with van der Waals surface area (Å²) < 4.78 is 43.0. The van der Waals surface area contributed by atoms with Crippen LogP contribution in [0.5, 0.6) is 0 Å². The quantitative estimate of drug-likeness (QED) is 0.185. The van der Waals surface area contributed by atoms with Crippen molar-refractivity contribution in [2.75, 3.05) is 49.5 Å². The molecule has 0 aromatic carbocycles. The molecule has 0 radical (unpaired) electrons. The number of alkyl halides is 1. The van der Waals surface area contributed by atoms with E-state index in [2.05, 4.69) is 47.2 Å². The van der Waals surface area contributed by atoms with Gasteiger partial charge in [0.15, 0.2) is 5.82 Å². The fourth-order valence-electron chi connectivity index (χ4n) is 6.17. The third kappa shape index (κ3) is 7.33. The molecule has 0 amide bonds. The number of pyridine rings is 1. The summed E-state index contributed by atoms with van der Waals surface area (Å²) in [6.07, 6.45) is 14.1. The van der Waals surface area contributed by atoms with Crippen LogP contribution < -0.4 is 10.2 Å². The molecule has 2 aliphatic heterocycles. The van der Waals surface area contributed by atoms with Gasteiger partial charge in [-0.05, 0) is 31.7 Å². The fraction of sp³-hybridized carbons (Fsp3) is 0.455. The highest BCUT2D eigenvalue weighted by atomic mass is 32.2. The Morgan fingerprint density at radius 1 is 1.00 bits per heavy atom. The van der Waals surface area contributed by atoms with Crippen LogP contribution in [0, 0.1) is 11.8 Å². The van der Waals surface area contributed by atoms with Gasteiger partial charge in [0.1, 0.15) is 23.6 Å². The lowest BCUT2D eigenvalue weighted by Crippen LogP contribution is -2.44. The molecule has 7 rings (SSSR count). The molecule has 14 nitrogen and oxygen atoms in total. The van der Waals surface area contributed by atoms with Crippen LogP contribution in [0.25, 0.3) is 11.4 Å². The topological polar surface area (TPSA) is 164 Å². The molecule has 1 saturated carbocycles. The van der Waals surface area contributed by atoms with Gasteiger partial charge in [0, 0.05) is 63.7 Å². The Hall–Kier alpha value is -4.72. The van der Waals surface area contributed by atoms with Gasteiger partial charge in [-0.1, -0.05) is 11.8 Å². The second-order valence-electron chi connectivity index (χ2n) is 12.8. The number of nitrogens with zero attached hydrogens (tertiary/aromatic N) is 9. The van der Waals surface area contributed by atoms with Crippen molar-refractivity contribution in [3.05, 3.63) is 60.4 Å². The van der Waals surface area contributed by atoms with E-state index in [0.29, 0.717) is 61.1 Å². The molecular formula is C33H37FN10O4S. The second kappa shape index (κ2) is 13.7. The Balaban J connectivity index is 1.11. The third-order valence-corrected chi connectivity index (χ3v) is 11.3. The van der Waals surface area contributed by atoms with Gasteiger partial charge in [-0.3, -0.25) is 9.58 Å². The number of anilines is 3. The van der Waals surface area contributed by atoms with Crippen molar-refractivity contribution in [2.45, 2.75) is 55.5 Å². The minimum atomic E-state index is -3.52. The van der Waals surface area contributed by atoms with Crippen molar-refractivity contribution in [2.24, 2.45) is 0 Å². The normalized spacial score (nSPS) is 18.5. The first-order chi connectivity index (χ1) is 23.7. The van der Waals surface area contributed by atoms with Crippen LogP contribution in [-0.4, -0.2) is 109 Å². The Morgan fingerprint density at radius 2 is 1.80 bits per heavy atom. The van der Waals surface area contributed by atoms with E-state index in [1.54, 1.807) is 24.7 Å². The number of aromatic nitrogens is 7. The number of hydrogen-bond acceptors (Lipinski definition) is 12. The van der Waals surface area contributed by atoms with Gasteiger partial charge in [0.25, 0.3) is 10.0 Å². The van der Waals surface area contributed by atoms with E-state index in [-0.39, 0.29) is 18.9 Å². The van der Waals surface area contributed by atoms with E-state index in [0.717, 1.165) is 47.6 Å². The van der Waals surface area contributed by atoms with Crippen LogP contribution in [0.2, 0.25) is 0 Å². The summed E-state index contributed by atoms with van der Waals surface area (Å²) in [5.41, 5.74) is 1.03. The van der Waals surface area contributed by atoms with E-state index in [4.69, 9.17) is 0 Å². The summed E-state index contributed by atoms with van der Waals surface area (Å²) >= 11 is 0. The van der Waals surface area contributed by atoms with Crippen LogP contribution in [0.1, 0.15) is 55.7 Å². The van der Waals surface area contributed by atoms with Crippen molar-refractivity contribution in [3.63, 3.8) is 0 Å². The molecule has 0 bridgehead atoms. The van der Waals surface area contributed by atoms with Crippen molar-refractivity contribution >= 4 is 33.6 Å². The number of rotatable bonds is 10. The van der Waals surface area contributed by atoms with E-state index in [9.17, 15) is 22.7 Å². The lowest BCUT2D eigenvalue weighted by atomic mass is 9.93. The van der Waals surface area contributed by atoms with Crippen LogP contribution in [0.4, 0.5) is 21.7 Å². The number of carbonyl (C=O) groups excluding carboxylic acids is 1. The van der Waals surface area contributed by atoms with Gasteiger partial charge in [-0.15, -0.1) is 0 Å². The van der Waals surface area contributed by atoms with Crippen molar-refractivity contribution in [1.82, 2.24) is 38.8 Å². The molecule has 2 saturated heterocycles. The van der Waals surface area contributed by atoms with E-state index >= 15 is 0 Å². The first kappa shape index (κ1) is 32.8. The number of hydrogen-bond donors (Lipinski definition) is 2. The highest BCUT2D eigenvalue weighted by Gasteiger charge is 2.38. The Kier molecular flexibility index (Phi) is 9.14. The summed E-state index contributed by atoms with van der Waals surface area (Å²) in [6, 6.07) is 3.76. The maximum absolute atomic E-state index is 14.9. The molecule has 256 valence electrons. The molecule has 4 aromatic heterocycles. The van der Waals surface area contributed by atoms with Gasteiger partial charge >= 0.3 is 0 Å². The van der Waals surface area contributed by atoms with Crippen LogP contribution in [0.15, 0.2) is 49.3 Å². The Morgan fingerprint density at radius 3 is 2.53 bits per heavy atom. The number of aliphatic hydroxyl groups is 1. The molecule has 1 aliphatic carbocycles.